The molecule has 2 rings (SSSR count). The molecule has 6 nitrogen and oxygen atoms in total. The van der Waals surface area contributed by atoms with Crippen molar-refractivity contribution in [3.63, 3.8) is 0 Å². The molecule has 1 fully saturated rings. The first kappa shape index (κ1) is 22.3. The molecule has 2 heterocycles. The highest BCUT2D eigenvalue weighted by atomic mass is 32.2. The van der Waals surface area contributed by atoms with Gasteiger partial charge in [0.25, 0.3) is 0 Å². The summed E-state index contributed by atoms with van der Waals surface area (Å²) < 4.78 is 4.37. The molecular weight excluding hydrogens is 346 g/mol. The number of primary amides is 1. The Morgan fingerprint density at radius 3 is 2.65 bits per heavy atom. The van der Waals surface area contributed by atoms with Gasteiger partial charge in [-0.05, 0) is 62.1 Å². The van der Waals surface area contributed by atoms with Gasteiger partial charge < -0.3 is 11.1 Å². The highest BCUT2D eigenvalue weighted by molar-refractivity contribution is 8.01. The fourth-order valence-electron chi connectivity index (χ4n) is 2.60. The lowest BCUT2D eigenvalue weighted by atomic mass is 10.0. The van der Waals surface area contributed by atoms with Crippen molar-refractivity contribution in [3.05, 3.63) is 40.7 Å². The third-order valence-corrected chi connectivity index (χ3v) is 5.60. The minimum Gasteiger partial charge on any atom is -0.391 e. The second-order valence-electron chi connectivity index (χ2n) is 6.54. The summed E-state index contributed by atoms with van der Waals surface area (Å²) in [6, 6.07) is 0. The van der Waals surface area contributed by atoms with Crippen molar-refractivity contribution < 1.29 is 4.79 Å². The number of amides is 1. The van der Waals surface area contributed by atoms with Gasteiger partial charge in [0.05, 0.1) is 6.20 Å². The van der Waals surface area contributed by atoms with Crippen LogP contribution in [0.1, 0.15) is 38.7 Å². The summed E-state index contributed by atoms with van der Waals surface area (Å²) in [5, 5.41) is 7.51. The summed E-state index contributed by atoms with van der Waals surface area (Å²) >= 11 is 1.90. The average Bonchev–Trinajstić information content (AvgIpc) is 3.04. The summed E-state index contributed by atoms with van der Waals surface area (Å²) in [6.07, 6.45) is 13.5. The molecule has 1 aromatic heterocycles. The number of nitrogens with two attached hydrogens (primary N) is 1. The number of hydrogen-bond acceptors (Lipinski definition) is 5. The molecule has 26 heavy (non-hydrogen) atoms. The van der Waals surface area contributed by atoms with E-state index in [9.17, 15) is 0 Å². The quantitative estimate of drug-likeness (QED) is 0.433. The number of piperidine rings is 1. The molecule has 0 radical (unpaired) electrons. The van der Waals surface area contributed by atoms with Gasteiger partial charge in [-0.1, -0.05) is 13.0 Å². The van der Waals surface area contributed by atoms with E-state index in [0.717, 1.165) is 18.8 Å². The first-order valence-corrected chi connectivity index (χ1v) is 9.88. The molecule has 0 unspecified atom stereocenters. The number of aryl methyl sites for hydroxylation is 2. The average molecular weight is 380 g/mol. The molecule has 1 aromatic rings. The van der Waals surface area contributed by atoms with Gasteiger partial charge in [-0.3, -0.25) is 9.48 Å². The lowest BCUT2D eigenvalue weighted by Gasteiger charge is -2.29. The van der Waals surface area contributed by atoms with Crippen LogP contribution in [0.5, 0.6) is 0 Å². The van der Waals surface area contributed by atoms with Gasteiger partial charge in [0.2, 0.25) is 6.41 Å². The van der Waals surface area contributed by atoms with E-state index in [0.29, 0.717) is 0 Å². The second kappa shape index (κ2) is 12.6. The maximum atomic E-state index is 8.58. The topological polar surface area (TPSA) is 76.2 Å². The number of hydrogen-bond donors (Lipinski definition) is 2. The Balaban J connectivity index is 0.00000105. The van der Waals surface area contributed by atoms with Crippen LogP contribution in [-0.2, 0) is 18.3 Å². The van der Waals surface area contributed by atoms with E-state index in [4.69, 9.17) is 4.79 Å². The van der Waals surface area contributed by atoms with Crippen LogP contribution in [-0.4, -0.2) is 40.6 Å². The van der Waals surface area contributed by atoms with Gasteiger partial charge >= 0.3 is 0 Å². The number of rotatable bonds is 7. The Bertz CT molecular complexity index is 589. The van der Waals surface area contributed by atoms with E-state index < -0.39 is 0 Å². The molecular formula is C19H33N5OS. The lowest BCUT2D eigenvalue weighted by molar-refractivity contribution is -0.106. The van der Waals surface area contributed by atoms with Crippen LogP contribution in [0, 0.1) is 5.92 Å². The van der Waals surface area contributed by atoms with Crippen LogP contribution in [0.2, 0.25) is 0 Å². The smallest absolute Gasteiger partial charge is 0.204 e. The standard InChI is InChI=1S/C18H30N4S.CH3NO/c1-15-9-11-22(12-10-15)23-18(16(2)19-3)8-6-5-7-17-13-20-21(4)14-17;2-1-3/h6,8,13-15,19H,5,7,9-12H2,1-4H3;1H,(H2,2,3)/b8-6+,18-16+;. The van der Waals surface area contributed by atoms with Crippen LogP contribution < -0.4 is 11.1 Å². The zero-order valence-corrected chi connectivity index (χ0v) is 17.3. The number of aromatic nitrogens is 2. The summed E-state index contributed by atoms with van der Waals surface area (Å²) in [5.74, 6) is 0.875. The largest absolute Gasteiger partial charge is 0.391 e. The normalized spacial score (nSPS) is 16.8. The number of nitrogens with zero attached hydrogens (tertiary/aromatic N) is 3. The summed E-state index contributed by atoms with van der Waals surface area (Å²) in [5.41, 5.74) is 6.71. The summed E-state index contributed by atoms with van der Waals surface area (Å²) in [4.78, 5) is 9.91. The molecule has 0 bridgehead atoms. The van der Waals surface area contributed by atoms with Gasteiger partial charge in [0, 0.05) is 44.0 Å². The Labute approximate surface area is 162 Å². The van der Waals surface area contributed by atoms with Crippen molar-refractivity contribution in [1.29, 1.82) is 0 Å². The highest BCUT2D eigenvalue weighted by Gasteiger charge is 2.17. The zero-order chi connectivity index (χ0) is 19.4. The van der Waals surface area contributed by atoms with E-state index in [-0.39, 0.29) is 6.41 Å². The predicted molar refractivity (Wildman–Crippen MR) is 110 cm³/mol. The third-order valence-electron chi connectivity index (χ3n) is 4.34. The number of allylic oxidation sites excluding steroid dienone is 3. The SMILES string of the molecule is CN/C(C)=C(\C=C\CCc1cnn(C)c1)SN1CCC(C)CC1.NC=O. The van der Waals surface area contributed by atoms with Crippen molar-refractivity contribution in [1.82, 2.24) is 19.4 Å². The molecule has 0 atom stereocenters. The Kier molecular flexibility index (Phi) is 10.8. The predicted octanol–water partition coefficient (Wildman–Crippen LogP) is 2.84. The highest BCUT2D eigenvalue weighted by Crippen LogP contribution is 2.29. The van der Waals surface area contributed by atoms with E-state index in [2.05, 4.69) is 52.7 Å². The minimum absolute atomic E-state index is 0.250. The number of carbonyl (C=O) groups excluding carboxylic acids is 1. The maximum Gasteiger partial charge on any atom is 0.204 e. The molecule has 1 amide bonds. The van der Waals surface area contributed by atoms with E-state index in [1.807, 2.05) is 36.9 Å². The molecule has 0 aromatic carbocycles. The van der Waals surface area contributed by atoms with Crippen molar-refractivity contribution in [2.24, 2.45) is 18.7 Å². The second-order valence-corrected chi connectivity index (χ2v) is 7.68. The minimum atomic E-state index is 0.250. The molecule has 7 heteroatoms. The van der Waals surface area contributed by atoms with Gasteiger partial charge in [0.1, 0.15) is 0 Å². The fourth-order valence-corrected chi connectivity index (χ4v) is 3.67. The van der Waals surface area contributed by atoms with Crippen molar-refractivity contribution in [2.45, 2.75) is 39.5 Å². The van der Waals surface area contributed by atoms with Crippen LogP contribution >= 0.6 is 11.9 Å². The van der Waals surface area contributed by atoms with Crippen LogP contribution in [0.25, 0.3) is 0 Å². The van der Waals surface area contributed by atoms with Crippen molar-refractivity contribution in [2.75, 3.05) is 20.1 Å². The molecule has 0 spiro atoms. The van der Waals surface area contributed by atoms with Crippen molar-refractivity contribution in [3.8, 4) is 0 Å². The van der Waals surface area contributed by atoms with E-state index >= 15 is 0 Å². The van der Waals surface area contributed by atoms with Crippen LogP contribution in [0.15, 0.2) is 35.1 Å². The summed E-state index contributed by atoms with van der Waals surface area (Å²) in [6.45, 7) is 6.89. The first-order chi connectivity index (χ1) is 12.5. The first-order valence-electron chi connectivity index (χ1n) is 9.11. The number of carbonyl (C=O) groups is 1. The van der Waals surface area contributed by atoms with Gasteiger partial charge in [-0.2, -0.15) is 5.10 Å². The molecule has 0 saturated carbocycles. The molecule has 1 aliphatic heterocycles. The molecule has 1 aliphatic rings. The van der Waals surface area contributed by atoms with Gasteiger partial charge in [0.15, 0.2) is 0 Å². The zero-order valence-electron chi connectivity index (χ0n) is 16.4. The van der Waals surface area contributed by atoms with Crippen LogP contribution in [0.4, 0.5) is 0 Å². The fraction of sp³-hybridized carbons (Fsp3) is 0.579. The van der Waals surface area contributed by atoms with E-state index in [1.54, 1.807) is 0 Å². The number of nitrogens with one attached hydrogen (secondary N) is 1. The van der Waals surface area contributed by atoms with Crippen molar-refractivity contribution >= 4 is 18.4 Å². The summed E-state index contributed by atoms with van der Waals surface area (Å²) in [7, 11) is 3.96. The molecule has 146 valence electrons. The Morgan fingerprint density at radius 2 is 2.12 bits per heavy atom. The third kappa shape index (κ3) is 8.58. The lowest BCUT2D eigenvalue weighted by Crippen LogP contribution is -2.27. The molecule has 0 aliphatic carbocycles. The molecule has 3 N–H and O–H groups in total. The van der Waals surface area contributed by atoms with Gasteiger partial charge in [-0.15, -0.1) is 0 Å². The van der Waals surface area contributed by atoms with Gasteiger partial charge in [-0.25, -0.2) is 4.31 Å². The molecule has 1 saturated heterocycles. The van der Waals surface area contributed by atoms with E-state index in [1.165, 1.54) is 42.1 Å². The Morgan fingerprint density at radius 1 is 1.46 bits per heavy atom. The van der Waals surface area contributed by atoms with Crippen LogP contribution in [0.3, 0.4) is 0 Å². The monoisotopic (exact) mass is 379 g/mol. The maximum absolute atomic E-state index is 8.58. The Hall–Kier alpha value is -1.73.